The summed E-state index contributed by atoms with van der Waals surface area (Å²) in [7, 11) is 1.35. The van der Waals surface area contributed by atoms with Crippen molar-refractivity contribution in [2.75, 3.05) is 13.7 Å². The molecule has 1 atom stereocenters. The Morgan fingerprint density at radius 2 is 1.71 bits per heavy atom. The van der Waals surface area contributed by atoms with E-state index in [0.717, 1.165) is 11.1 Å². The Morgan fingerprint density at radius 1 is 1.10 bits per heavy atom. The van der Waals surface area contributed by atoms with Gasteiger partial charge in [0.05, 0.1) is 7.11 Å². The van der Waals surface area contributed by atoms with E-state index in [-0.39, 0.29) is 18.4 Å². The van der Waals surface area contributed by atoms with Crippen LogP contribution in [-0.2, 0) is 9.53 Å². The molecule has 2 aromatic carbocycles. The van der Waals surface area contributed by atoms with E-state index < -0.39 is 5.92 Å². The summed E-state index contributed by atoms with van der Waals surface area (Å²) in [5.41, 5.74) is 1.94. The molecule has 3 nitrogen and oxygen atoms in total. The topological polar surface area (TPSA) is 35.5 Å². The molecule has 0 heterocycles. The van der Waals surface area contributed by atoms with Gasteiger partial charge in [0.1, 0.15) is 24.1 Å². The van der Waals surface area contributed by atoms with E-state index in [1.165, 1.54) is 31.4 Å². The third-order valence-electron chi connectivity index (χ3n) is 3.20. The average molecular weight is 288 g/mol. The first-order valence-electron chi connectivity index (χ1n) is 6.63. The van der Waals surface area contributed by atoms with E-state index in [1.807, 2.05) is 31.2 Å². The molecular weight excluding hydrogens is 271 g/mol. The van der Waals surface area contributed by atoms with Crippen molar-refractivity contribution in [3.63, 3.8) is 0 Å². The summed E-state index contributed by atoms with van der Waals surface area (Å²) in [6.07, 6.45) is 0. The van der Waals surface area contributed by atoms with Crippen LogP contribution in [0.4, 0.5) is 4.39 Å². The Bertz CT molecular complexity index is 590. The van der Waals surface area contributed by atoms with Crippen LogP contribution in [0, 0.1) is 12.7 Å². The summed E-state index contributed by atoms with van der Waals surface area (Å²) in [6, 6.07) is 13.3. The zero-order valence-electron chi connectivity index (χ0n) is 12.0. The number of carbonyl (C=O) groups is 1. The lowest BCUT2D eigenvalue weighted by atomic mass is 9.99. The second kappa shape index (κ2) is 6.88. The highest BCUT2D eigenvalue weighted by Crippen LogP contribution is 2.20. The molecule has 0 aliphatic carbocycles. The number of rotatable bonds is 5. The van der Waals surface area contributed by atoms with Gasteiger partial charge in [0.2, 0.25) is 0 Å². The molecule has 0 saturated heterocycles. The molecule has 1 unspecified atom stereocenters. The van der Waals surface area contributed by atoms with Crippen LogP contribution in [0.3, 0.4) is 0 Å². The second-order valence-corrected chi connectivity index (χ2v) is 4.75. The third-order valence-corrected chi connectivity index (χ3v) is 3.20. The highest BCUT2D eigenvalue weighted by atomic mass is 19.1. The van der Waals surface area contributed by atoms with E-state index in [2.05, 4.69) is 0 Å². The number of carbonyl (C=O) groups excluding carboxylic acids is 1. The lowest BCUT2D eigenvalue weighted by molar-refractivity contribution is -0.143. The average Bonchev–Trinajstić information content (AvgIpc) is 2.50. The van der Waals surface area contributed by atoms with Gasteiger partial charge >= 0.3 is 5.97 Å². The number of esters is 1. The maximum Gasteiger partial charge on any atom is 0.316 e. The van der Waals surface area contributed by atoms with Crippen LogP contribution in [0.25, 0.3) is 0 Å². The van der Waals surface area contributed by atoms with Crippen LogP contribution in [0.2, 0.25) is 0 Å². The van der Waals surface area contributed by atoms with Gasteiger partial charge in [0.15, 0.2) is 0 Å². The Balaban J connectivity index is 2.11. The van der Waals surface area contributed by atoms with Crippen LogP contribution in [-0.4, -0.2) is 19.7 Å². The lowest BCUT2D eigenvalue weighted by Gasteiger charge is -2.16. The third kappa shape index (κ3) is 4.05. The van der Waals surface area contributed by atoms with Crippen LogP contribution in [0.1, 0.15) is 17.0 Å². The maximum absolute atomic E-state index is 12.8. The fourth-order valence-corrected chi connectivity index (χ4v) is 1.95. The lowest BCUT2D eigenvalue weighted by Crippen LogP contribution is -2.21. The minimum Gasteiger partial charge on any atom is -0.492 e. The molecule has 0 aromatic heterocycles. The first-order chi connectivity index (χ1) is 10.1. The first kappa shape index (κ1) is 15.0. The molecule has 0 N–H and O–H groups in total. The van der Waals surface area contributed by atoms with Gasteiger partial charge in [-0.1, -0.05) is 29.8 Å². The minimum absolute atomic E-state index is 0.140. The maximum atomic E-state index is 12.8. The van der Waals surface area contributed by atoms with Crippen molar-refractivity contribution in [2.24, 2.45) is 0 Å². The van der Waals surface area contributed by atoms with Crippen LogP contribution < -0.4 is 4.74 Å². The van der Waals surface area contributed by atoms with Crippen molar-refractivity contribution in [1.82, 2.24) is 0 Å². The number of methoxy groups -OCH3 is 1. The molecular formula is C17H17FO3. The zero-order valence-corrected chi connectivity index (χ0v) is 12.0. The van der Waals surface area contributed by atoms with Gasteiger partial charge in [0.25, 0.3) is 0 Å². The fourth-order valence-electron chi connectivity index (χ4n) is 1.95. The number of aryl methyl sites for hydroxylation is 1. The minimum atomic E-state index is -0.513. The van der Waals surface area contributed by atoms with Gasteiger partial charge in [-0.3, -0.25) is 4.79 Å². The van der Waals surface area contributed by atoms with E-state index in [1.54, 1.807) is 0 Å². The normalized spacial score (nSPS) is 11.8. The highest BCUT2D eigenvalue weighted by molar-refractivity contribution is 5.78. The van der Waals surface area contributed by atoms with Crippen molar-refractivity contribution in [1.29, 1.82) is 0 Å². The number of benzene rings is 2. The SMILES string of the molecule is COC(=O)C(COc1ccc(F)cc1)c1ccc(C)cc1. The molecule has 0 radical (unpaired) electrons. The molecule has 0 bridgehead atoms. The summed E-state index contributed by atoms with van der Waals surface area (Å²) < 4.78 is 23.2. The molecule has 0 aliphatic rings. The van der Waals surface area contributed by atoms with Crippen molar-refractivity contribution >= 4 is 5.97 Å². The highest BCUT2D eigenvalue weighted by Gasteiger charge is 2.22. The molecule has 0 spiro atoms. The molecule has 4 heteroatoms. The van der Waals surface area contributed by atoms with Gasteiger partial charge in [-0.05, 0) is 36.8 Å². The van der Waals surface area contributed by atoms with E-state index in [4.69, 9.17) is 9.47 Å². The Hall–Kier alpha value is -2.36. The zero-order chi connectivity index (χ0) is 15.2. The summed E-state index contributed by atoms with van der Waals surface area (Å²) in [5, 5.41) is 0. The van der Waals surface area contributed by atoms with Crippen molar-refractivity contribution in [3.05, 3.63) is 65.5 Å². The molecule has 110 valence electrons. The smallest absolute Gasteiger partial charge is 0.316 e. The Labute approximate surface area is 123 Å². The molecule has 0 fully saturated rings. The molecule has 0 amide bonds. The second-order valence-electron chi connectivity index (χ2n) is 4.75. The predicted molar refractivity (Wildman–Crippen MR) is 77.8 cm³/mol. The molecule has 2 aromatic rings. The summed E-state index contributed by atoms with van der Waals surface area (Å²) in [5.74, 6) is -0.690. The van der Waals surface area contributed by atoms with E-state index in [0.29, 0.717) is 5.75 Å². The molecule has 2 rings (SSSR count). The van der Waals surface area contributed by atoms with Gasteiger partial charge in [-0.15, -0.1) is 0 Å². The van der Waals surface area contributed by atoms with Gasteiger partial charge in [-0.25, -0.2) is 4.39 Å². The summed E-state index contributed by atoms with van der Waals surface area (Å²) in [6.45, 7) is 2.12. The first-order valence-corrected chi connectivity index (χ1v) is 6.63. The van der Waals surface area contributed by atoms with Crippen molar-refractivity contribution in [3.8, 4) is 5.75 Å². The fraction of sp³-hybridized carbons (Fsp3) is 0.235. The number of hydrogen-bond acceptors (Lipinski definition) is 3. The van der Waals surface area contributed by atoms with Crippen LogP contribution in [0.5, 0.6) is 5.75 Å². The Kier molecular flexibility index (Phi) is 4.93. The molecule has 0 aliphatic heterocycles. The van der Waals surface area contributed by atoms with Gasteiger partial charge < -0.3 is 9.47 Å². The van der Waals surface area contributed by atoms with Gasteiger partial charge in [0, 0.05) is 0 Å². The van der Waals surface area contributed by atoms with E-state index >= 15 is 0 Å². The monoisotopic (exact) mass is 288 g/mol. The van der Waals surface area contributed by atoms with Crippen LogP contribution >= 0.6 is 0 Å². The van der Waals surface area contributed by atoms with Crippen molar-refractivity contribution in [2.45, 2.75) is 12.8 Å². The molecule has 0 saturated carbocycles. The summed E-state index contributed by atoms with van der Waals surface area (Å²) >= 11 is 0. The number of halogens is 1. The Morgan fingerprint density at radius 3 is 2.29 bits per heavy atom. The summed E-state index contributed by atoms with van der Waals surface area (Å²) in [4.78, 5) is 11.9. The number of hydrogen-bond donors (Lipinski definition) is 0. The quantitative estimate of drug-likeness (QED) is 0.790. The standard InChI is InChI=1S/C17H17FO3/c1-12-3-5-13(6-4-12)16(17(19)20-2)11-21-15-9-7-14(18)8-10-15/h3-10,16H,11H2,1-2H3. The largest absolute Gasteiger partial charge is 0.492 e. The van der Waals surface area contributed by atoms with E-state index in [9.17, 15) is 9.18 Å². The van der Waals surface area contributed by atoms with Gasteiger partial charge in [-0.2, -0.15) is 0 Å². The molecule has 21 heavy (non-hydrogen) atoms. The van der Waals surface area contributed by atoms with Crippen molar-refractivity contribution < 1.29 is 18.7 Å². The predicted octanol–water partition coefficient (Wildman–Crippen LogP) is 3.47. The van der Waals surface area contributed by atoms with Crippen LogP contribution in [0.15, 0.2) is 48.5 Å². The number of ether oxygens (including phenoxy) is 2.